The van der Waals surface area contributed by atoms with Gasteiger partial charge >= 0.3 is 10.1 Å². The van der Waals surface area contributed by atoms with Gasteiger partial charge in [-0.25, -0.2) is 0 Å². The molecule has 2 aromatic rings. The molecule has 0 amide bonds. The van der Waals surface area contributed by atoms with Crippen molar-refractivity contribution in [1.29, 1.82) is 0 Å². The van der Waals surface area contributed by atoms with Crippen LogP contribution < -0.4 is 0 Å². The Morgan fingerprint density at radius 2 is 1.56 bits per heavy atom. The van der Waals surface area contributed by atoms with Crippen molar-refractivity contribution in [1.82, 2.24) is 0 Å². The Hall–Kier alpha value is -0.880. The van der Waals surface area contributed by atoms with E-state index in [4.69, 9.17) is 11.9 Å². The Kier molecular flexibility index (Phi) is 5.48. The maximum atomic E-state index is 10.8. The van der Waals surface area contributed by atoms with Crippen LogP contribution in [0.2, 0.25) is 0 Å². The molecule has 2 rings (SSSR count). The summed E-state index contributed by atoms with van der Waals surface area (Å²) in [5.74, 6) is 0. The summed E-state index contributed by atoms with van der Waals surface area (Å²) >= 11 is 6.45. The summed E-state index contributed by atoms with van der Waals surface area (Å²) in [6.07, 6.45) is 0. The minimum atomic E-state index is -3.73. The first-order valence-corrected chi connectivity index (χ1v) is 6.90. The first-order valence-electron chi connectivity index (χ1n) is 4.24. The van der Waals surface area contributed by atoms with Gasteiger partial charge in [0.05, 0.1) is 16.8 Å². The summed E-state index contributed by atoms with van der Waals surface area (Å²) in [7, 11) is -3.73. The van der Waals surface area contributed by atoms with E-state index < -0.39 is 10.1 Å². The Bertz CT molecular complexity index is 463. The van der Waals surface area contributed by atoms with E-state index in [1.807, 2.05) is 22.9 Å². The summed E-state index contributed by atoms with van der Waals surface area (Å²) in [5, 5.41) is 4.08. The predicted octanol–water partition coefficient (Wildman–Crippen LogP) is 3.29. The molecular weight excluding hydrogens is 268 g/mol. The molecule has 0 spiro atoms. The molecular formula is C10H9ClO3S2. The Morgan fingerprint density at radius 3 is 1.94 bits per heavy atom. The van der Waals surface area contributed by atoms with Crippen LogP contribution >= 0.6 is 23.2 Å². The van der Waals surface area contributed by atoms with Crippen LogP contribution in [0, 0.1) is 0 Å². The van der Waals surface area contributed by atoms with Gasteiger partial charge in [0.2, 0.25) is 0 Å². The largest absolute Gasteiger partial charge is 0.312 e. The molecule has 0 saturated heterocycles. The van der Waals surface area contributed by atoms with Gasteiger partial charge in [0, 0.05) is 0 Å². The monoisotopic (exact) mass is 276 g/mol. The topological polar surface area (TPSA) is 43.4 Å². The lowest BCUT2D eigenvalue weighted by Crippen LogP contribution is -1.98. The molecule has 6 heteroatoms. The number of hydrogen-bond acceptors (Lipinski definition) is 4. The Morgan fingerprint density at radius 1 is 1.00 bits per heavy atom. The second-order valence-electron chi connectivity index (χ2n) is 2.62. The molecule has 0 radical (unpaired) electrons. The molecule has 0 unspecified atom stereocenters. The molecule has 16 heavy (non-hydrogen) atoms. The van der Waals surface area contributed by atoms with Gasteiger partial charge in [-0.05, 0) is 22.9 Å². The fourth-order valence-electron chi connectivity index (χ4n) is 0.850. The zero-order valence-corrected chi connectivity index (χ0v) is 10.5. The van der Waals surface area contributed by atoms with Crippen molar-refractivity contribution in [3.05, 3.63) is 53.2 Å². The van der Waals surface area contributed by atoms with Gasteiger partial charge in [-0.1, -0.05) is 30.3 Å². The summed E-state index contributed by atoms with van der Waals surface area (Å²) in [6, 6.07) is 11.7. The molecule has 3 nitrogen and oxygen atoms in total. The lowest BCUT2D eigenvalue weighted by molar-refractivity contribution is 0.509. The van der Waals surface area contributed by atoms with Crippen LogP contribution in [-0.4, -0.2) is 8.42 Å². The Balaban J connectivity index is 0.000000212. The zero-order chi connectivity index (χ0) is 11.9. The molecule has 0 bridgehead atoms. The highest BCUT2D eigenvalue weighted by Crippen LogP contribution is 2.11. The Labute approximate surface area is 104 Å². The second kappa shape index (κ2) is 6.65. The molecule has 0 aliphatic carbocycles. The minimum absolute atomic E-state index is 0.0509. The van der Waals surface area contributed by atoms with E-state index in [0.717, 1.165) is 0 Å². The molecule has 1 aromatic heterocycles. The maximum Gasteiger partial charge on any atom is 0.312 e. The van der Waals surface area contributed by atoms with E-state index in [-0.39, 0.29) is 4.90 Å². The predicted molar refractivity (Wildman–Crippen MR) is 64.9 cm³/mol. The van der Waals surface area contributed by atoms with Gasteiger partial charge < -0.3 is 0 Å². The van der Waals surface area contributed by atoms with Gasteiger partial charge in [-0.2, -0.15) is 23.5 Å². The van der Waals surface area contributed by atoms with Crippen LogP contribution in [0.4, 0.5) is 0 Å². The lowest BCUT2D eigenvalue weighted by atomic mass is 10.4. The molecule has 0 fully saturated rings. The van der Waals surface area contributed by atoms with E-state index in [1.54, 1.807) is 29.5 Å². The SMILES string of the molecule is O=S(=O)(OCl)c1ccccc1.c1ccsc1. The van der Waals surface area contributed by atoms with Gasteiger partial charge in [0.1, 0.15) is 0 Å². The normalized spacial score (nSPS) is 10.3. The van der Waals surface area contributed by atoms with E-state index in [0.29, 0.717) is 0 Å². The van der Waals surface area contributed by atoms with E-state index in [9.17, 15) is 8.42 Å². The van der Waals surface area contributed by atoms with E-state index in [2.05, 4.69) is 3.74 Å². The highest BCUT2D eigenvalue weighted by Gasteiger charge is 2.12. The van der Waals surface area contributed by atoms with Crippen molar-refractivity contribution >= 4 is 33.3 Å². The van der Waals surface area contributed by atoms with Gasteiger partial charge in [-0.3, -0.25) is 0 Å². The van der Waals surface area contributed by atoms with Crippen LogP contribution in [0.15, 0.2) is 58.1 Å². The van der Waals surface area contributed by atoms with Crippen LogP contribution in [0.1, 0.15) is 0 Å². The number of thiophene rings is 1. The highest BCUT2D eigenvalue weighted by atomic mass is 35.5. The van der Waals surface area contributed by atoms with E-state index >= 15 is 0 Å². The van der Waals surface area contributed by atoms with Crippen molar-refractivity contribution in [2.75, 3.05) is 0 Å². The second-order valence-corrected chi connectivity index (χ2v) is 5.32. The molecule has 0 atom stereocenters. The van der Waals surface area contributed by atoms with Crippen molar-refractivity contribution in [2.45, 2.75) is 4.90 Å². The van der Waals surface area contributed by atoms with Crippen molar-refractivity contribution in [2.24, 2.45) is 0 Å². The van der Waals surface area contributed by atoms with Gasteiger partial charge in [0.25, 0.3) is 0 Å². The summed E-state index contributed by atoms with van der Waals surface area (Å²) < 4.78 is 25.5. The van der Waals surface area contributed by atoms with Crippen LogP contribution in [-0.2, 0) is 13.9 Å². The van der Waals surface area contributed by atoms with Crippen molar-refractivity contribution < 1.29 is 12.2 Å². The molecule has 86 valence electrons. The molecule has 1 heterocycles. The lowest BCUT2D eigenvalue weighted by Gasteiger charge is -1.95. The molecule has 0 aliphatic rings. The number of benzene rings is 1. The van der Waals surface area contributed by atoms with Gasteiger partial charge in [0.15, 0.2) is 0 Å². The quantitative estimate of drug-likeness (QED) is 0.845. The summed E-state index contributed by atoms with van der Waals surface area (Å²) in [6.45, 7) is 0. The molecule has 1 aromatic carbocycles. The average Bonchev–Trinajstić information content (AvgIpc) is 2.89. The third kappa shape index (κ3) is 4.32. The highest BCUT2D eigenvalue weighted by molar-refractivity contribution is 7.87. The number of halogens is 1. The van der Waals surface area contributed by atoms with Crippen molar-refractivity contribution in [3.63, 3.8) is 0 Å². The molecule has 0 aliphatic heterocycles. The van der Waals surface area contributed by atoms with Gasteiger partial charge in [-0.15, -0.1) is 0 Å². The summed E-state index contributed by atoms with van der Waals surface area (Å²) in [5.41, 5.74) is 0. The average molecular weight is 277 g/mol. The minimum Gasteiger partial charge on any atom is -0.193 e. The summed E-state index contributed by atoms with van der Waals surface area (Å²) in [4.78, 5) is 0.0509. The standard InChI is InChI=1S/C6H5ClO3S.C4H4S/c7-10-11(8,9)6-4-2-1-3-5-6;1-2-4-5-3-1/h1-5H;1-4H. The number of hydrogen-bond donors (Lipinski definition) is 0. The first-order chi connectivity index (χ1) is 7.67. The first kappa shape index (κ1) is 13.2. The molecule has 0 saturated carbocycles. The van der Waals surface area contributed by atoms with Crippen LogP contribution in [0.25, 0.3) is 0 Å². The third-order valence-corrected chi connectivity index (χ3v) is 3.68. The zero-order valence-electron chi connectivity index (χ0n) is 8.12. The van der Waals surface area contributed by atoms with Crippen LogP contribution in [0.5, 0.6) is 0 Å². The fourth-order valence-corrected chi connectivity index (χ4v) is 2.09. The van der Waals surface area contributed by atoms with Crippen LogP contribution in [0.3, 0.4) is 0 Å². The van der Waals surface area contributed by atoms with E-state index in [1.165, 1.54) is 12.1 Å². The molecule has 0 N–H and O–H groups in total. The smallest absolute Gasteiger partial charge is 0.193 e. The third-order valence-electron chi connectivity index (χ3n) is 1.54. The number of rotatable bonds is 2. The maximum absolute atomic E-state index is 10.8. The fraction of sp³-hybridized carbons (Fsp3) is 0. The van der Waals surface area contributed by atoms with Crippen molar-refractivity contribution in [3.8, 4) is 0 Å².